The van der Waals surface area contributed by atoms with Crippen LogP contribution < -0.4 is 4.74 Å². The van der Waals surface area contributed by atoms with Gasteiger partial charge in [-0.2, -0.15) is 5.26 Å². The number of ether oxygens (including phenoxy) is 1. The summed E-state index contributed by atoms with van der Waals surface area (Å²) in [6.07, 6.45) is 1.59. The van der Waals surface area contributed by atoms with Gasteiger partial charge in [0.2, 0.25) is 0 Å². The quantitative estimate of drug-likeness (QED) is 0.767. The minimum Gasteiger partial charge on any atom is -0.491 e. The average molecular weight is 279 g/mol. The first kappa shape index (κ1) is 15.1. The SMILES string of the molecule is CC(C)Oc1ccc([C@@H](CC#N)Cc2ccccc2)cc1. The van der Waals surface area contributed by atoms with Crippen molar-refractivity contribution in [2.24, 2.45) is 0 Å². The first-order valence-electron chi connectivity index (χ1n) is 7.36. The molecule has 2 rings (SSSR count). The Hall–Kier alpha value is -2.27. The summed E-state index contributed by atoms with van der Waals surface area (Å²) in [5.41, 5.74) is 2.46. The number of benzene rings is 2. The van der Waals surface area contributed by atoms with Crippen molar-refractivity contribution >= 4 is 0 Å². The Morgan fingerprint density at radius 1 is 1.00 bits per heavy atom. The number of rotatable bonds is 6. The van der Waals surface area contributed by atoms with E-state index in [9.17, 15) is 0 Å². The second kappa shape index (κ2) is 7.50. The summed E-state index contributed by atoms with van der Waals surface area (Å²) >= 11 is 0. The first-order valence-corrected chi connectivity index (χ1v) is 7.36. The molecular formula is C19H21NO. The molecule has 2 nitrogen and oxygen atoms in total. The molecule has 0 aliphatic heterocycles. The summed E-state index contributed by atoms with van der Waals surface area (Å²) in [5.74, 6) is 1.11. The van der Waals surface area contributed by atoms with Crippen molar-refractivity contribution in [3.8, 4) is 11.8 Å². The third kappa shape index (κ3) is 4.65. The van der Waals surface area contributed by atoms with Crippen LogP contribution in [-0.2, 0) is 6.42 Å². The number of nitriles is 1. The zero-order chi connectivity index (χ0) is 15.1. The van der Waals surface area contributed by atoms with Crippen LogP contribution in [0.4, 0.5) is 0 Å². The van der Waals surface area contributed by atoms with Crippen LogP contribution in [0, 0.1) is 11.3 Å². The highest BCUT2D eigenvalue weighted by atomic mass is 16.5. The second-order valence-electron chi connectivity index (χ2n) is 5.48. The minimum atomic E-state index is 0.176. The molecule has 1 atom stereocenters. The Labute approximate surface area is 127 Å². The Morgan fingerprint density at radius 2 is 1.67 bits per heavy atom. The molecule has 0 saturated heterocycles. The topological polar surface area (TPSA) is 33.0 Å². The van der Waals surface area contributed by atoms with E-state index < -0.39 is 0 Å². The van der Waals surface area contributed by atoms with E-state index in [1.165, 1.54) is 11.1 Å². The molecule has 0 aliphatic rings. The Morgan fingerprint density at radius 3 is 2.24 bits per heavy atom. The molecule has 0 amide bonds. The van der Waals surface area contributed by atoms with Gasteiger partial charge in [-0.15, -0.1) is 0 Å². The lowest BCUT2D eigenvalue weighted by molar-refractivity contribution is 0.242. The maximum Gasteiger partial charge on any atom is 0.119 e. The summed E-state index contributed by atoms with van der Waals surface area (Å²) in [7, 11) is 0. The zero-order valence-electron chi connectivity index (χ0n) is 12.6. The molecule has 0 bridgehead atoms. The molecule has 21 heavy (non-hydrogen) atoms. The number of hydrogen-bond donors (Lipinski definition) is 0. The lowest BCUT2D eigenvalue weighted by atomic mass is 9.90. The Bertz CT molecular complexity index is 581. The highest BCUT2D eigenvalue weighted by Gasteiger charge is 2.12. The number of hydrogen-bond acceptors (Lipinski definition) is 2. The van der Waals surface area contributed by atoms with Crippen molar-refractivity contribution in [1.82, 2.24) is 0 Å². The van der Waals surface area contributed by atoms with Crippen LogP contribution in [0.3, 0.4) is 0 Å². The van der Waals surface area contributed by atoms with Gasteiger partial charge in [0.1, 0.15) is 5.75 Å². The maximum absolute atomic E-state index is 9.07. The van der Waals surface area contributed by atoms with Crippen molar-refractivity contribution < 1.29 is 4.74 Å². The third-order valence-corrected chi connectivity index (χ3v) is 3.39. The monoisotopic (exact) mass is 279 g/mol. The van der Waals surface area contributed by atoms with E-state index >= 15 is 0 Å². The largest absolute Gasteiger partial charge is 0.491 e. The van der Waals surface area contributed by atoms with Crippen LogP contribution in [0.2, 0.25) is 0 Å². The van der Waals surface area contributed by atoms with Crippen LogP contribution in [0.15, 0.2) is 54.6 Å². The van der Waals surface area contributed by atoms with Crippen LogP contribution in [-0.4, -0.2) is 6.10 Å². The maximum atomic E-state index is 9.07. The molecule has 0 spiro atoms. The smallest absolute Gasteiger partial charge is 0.119 e. The normalized spacial score (nSPS) is 11.9. The fourth-order valence-corrected chi connectivity index (χ4v) is 2.41. The summed E-state index contributed by atoms with van der Waals surface area (Å²) in [6, 6.07) is 20.7. The van der Waals surface area contributed by atoms with Gasteiger partial charge in [0, 0.05) is 12.3 Å². The molecule has 2 aromatic carbocycles. The lowest BCUT2D eigenvalue weighted by Crippen LogP contribution is -2.06. The highest BCUT2D eigenvalue weighted by Crippen LogP contribution is 2.26. The third-order valence-electron chi connectivity index (χ3n) is 3.39. The van der Waals surface area contributed by atoms with Crippen molar-refractivity contribution in [1.29, 1.82) is 5.26 Å². The molecule has 0 heterocycles. The van der Waals surface area contributed by atoms with Gasteiger partial charge in [-0.1, -0.05) is 42.5 Å². The lowest BCUT2D eigenvalue weighted by Gasteiger charge is -2.16. The highest BCUT2D eigenvalue weighted by molar-refractivity contribution is 5.31. The van der Waals surface area contributed by atoms with Crippen molar-refractivity contribution in [3.05, 3.63) is 65.7 Å². The Kier molecular flexibility index (Phi) is 5.40. The van der Waals surface area contributed by atoms with E-state index in [0.717, 1.165) is 12.2 Å². The van der Waals surface area contributed by atoms with Gasteiger partial charge in [-0.25, -0.2) is 0 Å². The van der Waals surface area contributed by atoms with E-state index in [1.807, 2.05) is 44.2 Å². The van der Waals surface area contributed by atoms with Gasteiger partial charge in [-0.3, -0.25) is 0 Å². The van der Waals surface area contributed by atoms with Crippen LogP contribution >= 0.6 is 0 Å². The molecule has 2 aromatic rings. The zero-order valence-corrected chi connectivity index (χ0v) is 12.6. The van der Waals surface area contributed by atoms with Crippen LogP contribution in [0.5, 0.6) is 5.75 Å². The second-order valence-corrected chi connectivity index (χ2v) is 5.48. The molecule has 2 heteroatoms. The molecule has 0 saturated carbocycles. The molecule has 0 aromatic heterocycles. The Balaban J connectivity index is 2.12. The first-order chi connectivity index (χ1) is 10.2. The van der Waals surface area contributed by atoms with Gasteiger partial charge >= 0.3 is 0 Å². The average Bonchev–Trinajstić information content (AvgIpc) is 2.48. The fourth-order valence-electron chi connectivity index (χ4n) is 2.41. The van der Waals surface area contributed by atoms with Gasteiger partial charge < -0.3 is 4.74 Å². The predicted octanol–water partition coefficient (Wildman–Crippen LogP) is 4.71. The van der Waals surface area contributed by atoms with Gasteiger partial charge in [-0.05, 0) is 43.5 Å². The fraction of sp³-hybridized carbons (Fsp3) is 0.316. The van der Waals surface area contributed by atoms with Gasteiger partial charge in [0.15, 0.2) is 0 Å². The van der Waals surface area contributed by atoms with E-state index in [4.69, 9.17) is 10.00 Å². The molecule has 0 N–H and O–H groups in total. The van der Waals surface area contributed by atoms with Crippen LogP contribution in [0.1, 0.15) is 37.3 Å². The molecule has 0 fully saturated rings. The van der Waals surface area contributed by atoms with E-state index in [-0.39, 0.29) is 12.0 Å². The summed E-state index contributed by atoms with van der Waals surface area (Å²) in [6.45, 7) is 4.03. The molecule has 0 unspecified atom stereocenters. The van der Waals surface area contributed by atoms with Gasteiger partial charge in [0.25, 0.3) is 0 Å². The molecule has 0 aliphatic carbocycles. The predicted molar refractivity (Wildman–Crippen MR) is 85.3 cm³/mol. The van der Waals surface area contributed by atoms with Crippen molar-refractivity contribution in [2.45, 2.75) is 38.7 Å². The molecule has 0 radical (unpaired) electrons. The van der Waals surface area contributed by atoms with Gasteiger partial charge in [0.05, 0.1) is 12.2 Å². The minimum absolute atomic E-state index is 0.176. The summed E-state index contributed by atoms with van der Waals surface area (Å²) in [5, 5.41) is 9.07. The number of nitrogens with zero attached hydrogens (tertiary/aromatic N) is 1. The summed E-state index contributed by atoms with van der Waals surface area (Å²) in [4.78, 5) is 0. The van der Waals surface area contributed by atoms with Crippen molar-refractivity contribution in [2.75, 3.05) is 0 Å². The summed E-state index contributed by atoms with van der Waals surface area (Å²) < 4.78 is 5.66. The molecular weight excluding hydrogens is 258 g/mol. The van der Waals surface area contributed by atoms with E-state index in [1.54, 1.807) is 0 Å². The molecule has 108 valence electrons. The standard InChI is InChI=1S/C19H21NO/c1-15(2)21-19-10-8-17(9-11-19)18(12-13-20)14-16-6-4-3-5-7-16/h3-11,15,18H,12,14H2,1-2H3/t18-/m0/s1. The van der Waals surface area contributed by atoms with E-state index in [2.05, 4.69) is 30.3 Å². The van der Waals surface area contributed by atoms with Crippen molar-refractivity contribution in [3.63, 3.8) is 0 Å². The van der Waals surface area contributed by atoms with E-state index in [0.29, 0.717) is 6.42 Å². The van der Waals surface area contributed by atoms with Crippen LogP contribution in [0.25, 0.3) is 0 Å².